The van der Waals surface area contributed by atoms with E-state index < -0.39 is 16.8 Å². The Balaban J connectivity index is 3.35. The Kier molecular flexibility index (Phi) is 4.81. The van der Waals surface area contributed by atoms with Crippen LogP contribution in [0.2, 0.25) is 0 Å². The predicted octanol–water partition coefficient (Wildman–Crippen LogP) is 0.917. The number of amides is 1. The molecule has 7 nitrogen and oxygen atoms in total. The normalized spacial score (nSPS) is 9.30. The van der Waals surface area contributed by atoms with Gasteiger partial charge in [-0.25, -0.2) is 4.79 Å². The molecular weight excluding hydrogens is 264 g/mol. The van der Waals surface area contributed by atoms with Gasteiger partial charge < -0.3 is 10.5 Å². The first-order chi connectivity index (χ1) is 9.36. The second-order valence-electron chi connectivity index (χ2n) is 3.86. The van der Waals surface area contributed by atoms with Crippen molar-refractivity contribution in [2.75, 3.05) is 7.11 Å². The van der Waals surface area contributed by atoms with Crippen molar-refractivity contribution >= 4 is 17.6 Å². The molecule has 1 amide bonds. The molecule has 0 atom stereocenters. The third-order valence-electron chi connectivity index (χ3n) is 2.48. The molecule has 0 heterocycles. The minimum absolute atomic E-state index is 0.0603. The van der Waals surface area contributed by atoms with Crippen LogP contribution in [0.25, 0.3) is 0 Å². The van der Waals surface area contributed by atoms with Gasteiger partial charge in [0.05, 0.1) is 24.0 Å². The first-order valence-electron chi connectivity index (χ1n) is 5.51. The second-order valence-corrected chi connectivity index (χ2v) is 3.86. The summed E-state index contributed by atoms with van der Waals surface area (Å²) in [5, 5.41) is 11.0. The Morgan fingerprint density at radius 2 is 2.10 bits per heavy atom. The number of benzene rings is 1. The van der Waals surface area contributed by atoms with Crippen molar-refractivity contribution in [2.45, 2.75) is 13.3 Å². The average Bonchev–Trinajstić information content (AvgIpc) is 2.38. The van der Waals surface area contributed by atoms with E-state index in [0.29, 0.717) is 0 Å². The summed E-state index contributed by atoms with van der Waals surface area (Å²) in [6.07, 6.45) is -0.171. The maximum atomic E-state index is 11.6. The summed E-state index contributed by atoms with van der Waals surface area (Å²) < 4.78 is 4.57. The van der Waals surface area contributed by atoms with Gasteiger partial charge in [0.15, 0.2) is 0 Å². The summed E-state index contributed by atoms with van der Waals surface area (Å²) in [5.74, 6) is 3.73. The fourth-order valence-electron chi connectivity index (χ4n) is 1.52. The maximum Gasteiger partial charge on any atom is 0.338 e. The Labute approximate surface area is 114 Å². The van der Waals surface area contributed by atoms with Gasteiger partial charge in [-0.2, -0.15) is 0 Å². The van der Waals surface area contributed by atoms with E-state index in [-0.39, 0.29) is 28.8 Å². The average molecular weight is 276 g/mol. The molecule has 0 spiro atoms. The van der Waals surface area contributed by atoms with E-state index in [9.17, 15) is 19.7 Å². The van der Waals surface area contributed by atoms with E-state index in [1.54, 1.807) is 0 Å². The lowest BCUT2D eigenvalue weighted by molar-refractivity contribution is -0.385. The standard InChI is InChI=1S/C13H12N2O5/c1-8-10(13(17)20-2)6-9(4-3-5-12(14)16)7-11(8)15(18)19/h6-7H,5H2,1-2H3,(H2,14,16). The van der Waals surface area contributed by atoms with Crippen LogP contribution in [0.5, 0.6) is 0 Å². The van der Waals surface area contributed by atoms with Crippen LogP contribution < -0.4 is 5.73 Å². The summed E-state index contributed by atoms with van der Waals surface area (Å²) in [5.41, 5.74) is 5.19. The summed E-state index contributed by atoms with van der Waals surface area (Å²) in [7, 11) is 1.18. The molecule has 0 fully saturated rings. The summed E-state index contributed by atoms with van der Waals surface area (Å²) in [6.45, 7) is 1.45. The number of nitro groups is 1. The number of nitrogens with zero attached hydrogens (tertiary/aromatic N) is 1. The van der Waals surface area contributed by atoms with E-state index in [4.69, 9.17) is 5.73 Å². The van der Waals surface area contributed by atoms with Crippen LogP contribution in [0.15, 0.2) is 12.1 Å². The predicted molar refractivity (Wildman–Crippen MR) is 69.9 cm³/mol. The molecule has 0 aliphatic carbocycles. The molecular formula is C13H12N2O5. The van der Waals surface area contributed by atoms with Crippen molar-refractivity contribution < 1.29 is 19.2 Å². The highest BCUT2D eigenvalue weighted by molar-refractivity contribution is 5.92. The molecule has 7 heteroatoms. The van der Waals surface area contributed by atoms with Crippen LogP contribution in [-0.2, 0) is 9.53 Å². The van der Waals surface area contributed by atoms with E-state index in [0.717, 1.165) is 0 Å². The number of carbonyl (C=O) groups is 2. The molecule has 0 aliphatic heterocycles. The molecule has 2 N–H and O–H groups in total. The number of esters is 1. The largest absolute Gasteiger partial charge is 0.465 e. The third-order valence-corrected chi connectivity index (χ3v) is 2.48. The molecule has 0 bridgehead atoms. The molecule has 1 aromatic carbocycles. The molecule has 1 rings (SSSR count). The maximum absolute atomic E-state index is 11.6. The lowest BCUT2D eigenvalue weighted by Gasteiger charge is -2.05. The van der Waals surface area contributed by atoms with Crippen LogP contribution in [0.3, 0.4) is 0 Å². The van der Waals surface area contributed by atoms with Crippen molar-refractivity contribution in [1.29, 1.82) is 0 Å². The Hall–Kier alpha value is -2.88. The minimum atomic E-state index is -0.691. The molecule has 0 saturated carbocycles. The highest BCUT2D eigenvalue weighted by Crippen LogP contribution is 2.24. The van der Waals surface area contributed by atoms with Crippen molar-refractivity contribution in [2.24, 2.45) is 5.73 Å². The number of carbonyl (C=O) groups excluding carboxylic acids is 2. The first kappa shape index (κ1) is 15.2. The summed E-state index contributed by atoms with van der Waals surface area (Å²) in [6, 6.07) is 2.61. The van der Waals surface area contributed by atoms with Crippen molar-refractivity contribution in [3.8, 4) is 11.8 Å². The number of primary amides is 1. The molecule has 104 valence electrons. The zero-order valence-electron chi connectivity index (χ0n) is 10.9. The monoisotopic (exact) mass is 276 g/mol. The zero-order valence-corrected chi connectivity index (χ0v) is 10.9. The number of methoxy groups -OCH3 is 1. The highest BCUT2D eigenvalue weighted by Gasteiger charge is 2.20. The SMILES string of the molecule is COC(=O)c1cc(C#CCC(N)=O)cc([N+](=O)[O-])c1C. The van der Waals surface area contributed by atoms with Gasteiger partial charge in [-0.1, -0.05) is 11.8 Å². The van der Waals surface area contributed by atoms with Crippen LogP contribution in [-0.4, -0.2) is 23.9 Å². The number of rotatable bonds is 3. The molecule has 0 saturated heterocycles. The van der Waals surface area contributed by atoms with Gasteiger partial charge in [-0.3, -0.25) is 14.9 Å². The number of hydrogen-bond donors (Lipinski definition) is 1. The fraction of sp³-hybridized carbons (Fsp3) is 0.231. The molecule has 20 heavy (non-hydrogen) atoms. The van der Waals surface area contributed by atoms with E-state index in [1.165, 1.54) is 26.2 Å². The van der Waals surface area contributed by atoms with Gasteiger partial charge in [0.25, 0.3) is 5.69 Å². The number of hydrogen-bond acceptors (Lipinski definition) is 5. The van der Waals surface area contributed by atoms with Gasteiger partial charge >= 0.3 is 5.97 Å². The smallest absolute Gasteiger partial charge is 0.338 e. The van der Waals surface area contributed by atoms with E-state index in [1.807, 2.05) is 0 Å². The first-order valence-corrected chi connectivity index (χ1v) is 5.51. The van der Waals surface area contributed by atoms with Gasteiger partial charge in [-0.05, 0) is 13.0 Å². The zero-order chi connectivity index (χ0) is 15.3. The van der Waals surface area contributed by atoms with Gasteiger partial charge in [0.2, 0.25) is 5.91 Å². The second kappa shape index (κ2) is 6.33. The fourth-order valence-corrected chi connectivity index (χ4v) is 1.52. The van der Waals surface area contributed by atoms with Crippen molar-refractivity contribution in [3.05, 3.63) is 38.9 Å². The Bertz CT molecular complexity index is 640. The van der Waals surface area contributed by atoms with Crippen LogP contribution in [0, 0.1) is 28.9 Å². The summed E-state index contributed by atoms with van der Waals surface area (Å²) in [4.78, 5) is 32.5. The van der Waals surface area contributed by atoms with Gasteiger partial charge in [-0.15, -0.1) is 0 Å². The Morgan fingerprint density at radius 3 is 2.60 bits per heavy atom. The highest BCUT2D eigenvalue weighted by atomic mass is 16.6. The lowest BCUT2D eigenvalue weighted by Crippen LogP contribution is -2.08. The van der Waals surface area contributed by atoms with E-state index >= 15 is 0 Å². The topological polar surface area (TPSA) is 113 Å². The number of ether oxygens (including phenoxy) is 1. The van der Waals surface area contributed by atoms with Gasteiger partial charge in [0, 0.05) is 17.2 Å². The quantitative estimate of drug-likeness (QED) is 0.381. The molecule has 0 aromatic heterocycles. The number of nitro benzene ring substituents is 1. The van der Waals surface area contributed by atoms with Crippen molar-refractivity contribution in [1.82, 2.24) is 0 Å². The number of nitrogens with two attached hydrogens (primary N) is 1. The van der Waals surface area contributed by atoms with Gasteiger partial charge in [0.1, 0.15) is 0 Å². The molecule has 1 aromatic rings. The van der Waals surface area contributed by atoms with Crippen LogP contribution >= 0.6 is 0 Å². The van der Waals surface area contributed by atoms with Crippen LogP contribution in [0.4, 0.5) is 5.69 Å². The van der Waals surface area contributed by atoms with Crippen molar-refractivity contribution in [3.63, 3.8) is 0 Å². The third kappa shape index (κ3) is 3.55. The molecule has 0 aliphatic rings. The Morgan fingerprint density at radius 1 is 1.45 bits per heavy atom. The molecule has 0 radical (unpaired) electrons. The van der Waals surface area contributed by atoms with Crippen LogP contribution in [0.1, 0.15) is 27.9 Å². The summed E-state index contributed by atoms with van der Waals surface area (Å²) >= 11 is 0. The minimum Gasteiger partial charge on any atom is -0.465 e. The lowest BCUT2D eigenvalue weighted by atomic mass is 10.0. The molecule has 0 unspecified atom stereocenters. The van der Waals surface area contributed by atoms with E-state index in [2.05, 4.69) is 16.6 Å².